The third-order valence-corrected chi connectivity index (χ3v) is 3.76. The van der Waals surface area contributed by atoms with Crippen LogP contribution in [0.2, 0.25) is 0 Å². The van der Waals surface area contributed by atoms with Crippen LogP contribution in [0.3, 0.4) is 0 Å². The summed E-state index contributed by atoms with van der Waals surface area (Å²) in [7, 11) is 0. The van der Waals surface area contributed by atoms with Gasteiger partial charge in [0.2, 0.25) is 5.91 Å². The average Bonchev–Trinajstić information content (AvgIpc) is 3.30. The van der Waals surface area contributed by atoms with Gasteiger partial charge in [-0.2, -0.15) is 0 Å². The molecular formula is C17H19N3O3. The molecule has 1 fully saturated rings. The second-order valence-corrected chi connectivity index (χ2v) is 5.67. The van der Waals surface area contributed by atoms with Crippen molar-refractivity contribution in [2.45, 2.75) is 38.6 Å². The summed E-state index contributed by atoms with van der Waals surface area (Å²) in [5.41, 5.74) is 1.95. The Labute approximate surface area is 134 Å². The molecule has 6 nitrogen and oxygen atoms in total. The fourth-order valence-corrected chi connectivity index (χ4v) is 2.18. The molecule has 120 valence electrons. The summed E-state index contributed by atoms with van der Waals surface area (Å²) in [5.74, 6) is 0.950. The van der Waals surface area contributed by atoms with Gasteiger partial charge in [0.25, 0.3) is 5.91 Å². The van der Waals surface area contributed by atoms with Gasteiger partial charge in [0.15, 0.2) is 5.69 Å². The van der Waals surface area contributed by atoms with Crippen LogP contribution in [-0.4, -0.2) is 17.0 Å². The van der Waals surface area contributed by atoms with Crippen LogP contribution in [0.25, 0.3) is 0 Å². The maximum Gasteiger partial charge on any atom is 0.277 e. The fourth-order valence-electron chi connectivity index (χ4n) is 2.18. The summed E-state index contributed by atoms with van der Waals surface area (Å²) in [6, 6.07) is 9.04. The summed E-state index contributed by atoms with van der Waals surface area (Å²) in [4.78, 5) is 23.3. The number of nitrogens with zero attached hydrogens (tertiary/aromatic N) is 1. The van der Waals surface area contributed by atoms with Gasteiger partial charge in [-0.3, -0.25) is 9.59 Å². The Bertz CT molecular complexity index is 702. The lowest BCUT2D eigenvalue weighted by Gasteiger charge is -2.06. The van der Waals surface area contributed by atoms with Crippen LogP contribution >= 0.6 is 0 Å². The molecule has 1 aromatic heterocycles. The van der Waals surface area contributed by atoms with Gasteiger partial charge in [0.05, 0.1) is 0 Å². The number of amides is 2. The van der Waals surface area contributed by atoms with E-state index < -0.39 is 0 Å². The summed E-state index contributed by atoms with van der Waals surface area (Å²) in [6.07, 6.45) is 2.67. The summed E-state index contributed by atoms with van der Waals surface area (Å²) in [5, 5.41) is 9.41. The van der Waals surface area contributed by atoms with Crippen molar-refractivity contribution in [2.75, 3.05) is 5.32 Å². The zero-order valence-electron chi connectivity index (χ0n) is 13.0. The van der Waals surface area contributed by atoms with Crippen LogP contribution in [0.4, 0.5) is 5.69 Å². The van der Waals surface area contributed by atoms with Crippen molar-refractivity contribution in [3.8, 4) is 0 Å². The SMILES string of the molecule is CCC(=O)NCc1ccc(NC(=O)c2cc(C3CC3)on2)cc1. The highest BCUT2D eigenvalue weighted by Gasteiger charge is 2.28. The molecule has 2 amide bonds. The summed E-state index contributed by atoms with van der Waals surface area (Å²) >= 11 is 0. The smallest absolute Gasteiger partial charge is 0.277 e. The Morgan fingerprint density at radius 3 is 2.65 bits per heavy atom. The van der Waals surface area contributed by atoms with Crippen molar-refractivity contribution >= 4 is 17.5 Å². The lowest BCUT2D eigenvalue weighted by molar-refractivity contribution is -0.120. The van der Waals surface area contributed by atoms with Crippen molar-refractivity contribution in [1.82, 2.24) is 10.5 Å². The second kappa shape index (κ2) is 6.64. The molecule has 23 heavy (non-hydrogen) atoms. The number of benzene rings is 1. The van der Waals surface area contributed by atoms with Gasteiger partial charge < -0.3 is 15.2 Å². The highest BCUT2D eigenvalue weighted by Crippen LogP contribution is 2.40. The Balaban J connectivity index is 1.56. The third kappa shape index (κ3) is 3.97. The zero-order valence-corrected chi connectivity index (χ0v) is 13.0. The normalized spacial score (nSPS) is 13.6. The molecule has 1 aromatic carbocycles. The predicted octanol–water partition coefficient (Wildman–Crippen LogP) is 2.83. The summed E-state index contributed by atoms with van der Waals surface area (Å²) in [6.45, 7) is 2.29. The Hall–Kier alpha value is -2.63. The molecule has 2 N–H and O–H groups in total. The maximum atomic E-state index is 12.1. The molecule has 0 spiro atoms. The van der Waals surface area contributed by atoms with Crippen LogP contribution in [-0.2, 0) is 11.3 Å². The van der Waals surface area contributed by atoms with Crippen molar-refractivity contribution in [3.63, 3.8) is 0 Å². The third-order valence-electron chi connectivity index (χ3n) is 3.76. The molecule has 0 radical (unpaired) electrons. The van der Waals surface area contributed by atoms with E-state index >= 15 is 0 Å². The Morgan fingerprint density at radius 1 is 1.26 bits per heavy atom. The number of anilines is 1. The zero-order chi connectivity index (χ0) is 16.2. The van der Waals surface area contributed by atoms with E-state index in [0.29, 0.717) is 30.3 Å². The van der Waals surface area contributed by atoms with Gasteiger partial charge in [-0.1, -0.05) is 24.2 Å². The molecule has 2 aromatic rings. The average molecular weight is 313 g/mol. The van der Waals surface area contributed by atoms with E-state index in [0.717, 1.165) is 24.2 Å². The number of nitrogens with one attached hydrogen (secondary N) is 2. The van der Waals surface area contributed by atoms with Crippen molar-refractivity contribution in [1.29, 1.82) is 0 Å². The molecule has 0 atom stereocenters. The number of carbonyl (C=O) groups is 2. The van der Waals surface area contributed by atoms with Gasteiger partial charge in [-0.25, -0.2) is 0 Å². The first-order valence-corrected chi connectivity index (χ1v) is 7.79. The molecule has 0 aliphatic heterocycles. The molecule has 0 unspecified atom stereocenters. The summed E-state index contributed by atoms with van der Waals surface area (Å²) < 4.78 is 5.18. The minimum absolute atomic E-state index is 0.0138. The molecule has 3 rings (SSSR count). The van der Waals surface area contributed by atoms with Crippen LogP contribution < -0.4 is 10.6 Å². The number of rotatable bonds is 6. The van der Waals surface area contributed by atoms with Crippen molar-refractivity contribution in [2.24, 2.45) is 0 Å². The number of hydrogen-bond acceptors (Lipinski definition) is 4. The molecule has 6 heteroatoms. The lowest BCUT2D eigenvalue weighted by atomic mass is 10.2. The van der Waals surface area contributed by atoms with Crippen LogP contribution in [0.5, 0.6) is 0 Å². The van der Waals surface area contributed by atoms with E-state index in [1.807, 2.05) is 19.1 Å². The standard InChI is InChI=1S/C17H19N3O3/c1-2-16(21)18-10-11-3-7-13(8-4-11)19-17(22)14-9-15(23-20-14)12-5-6-12/h3-4,7-9,12H,2,5-6,10H2,1H3,(H,18,21)(H,19,22). The van der Waals surface area contributed by atoms with E-state index in [2.05, 4.69) is 15.8 Å². The first kappa shape index (κ1) is 15.3. The van der Waals surface area contributed by atoms with Crippen LogP contribution in [0.1, 0.15) is 53.9 Å². The van der Waals surface area contributed by atoms with E-state index in [1.54, 1.807) is 18.2 Å². The molecule has 0 saturated heterocycles. The first-order valence-electron chi connectivity index (χ1n) is 7.79. The fraction of sp³-hybridized carbons (Fsp3) is 0.353. The molecule has 1 aliphatic rings. The van der Waals surface area contributed by atoms with E-state index in [1.165, 1.54) is 0 Å². The highest BCUT2D eigenvalue weighted by atomic mass is 16.5. The quantitative estimate of drug-likeness (QED) is 0.859. The molecule has 1 saturated carbocycles. The van der Waals surface area contributed by atoms with Crippen molar-refractivity contribution < 1.29 is 14.1 Å². The minimum atomic E-state index is -0.285. The van der Waals surface area contributed by atoms with Gasteiger partial charge in [0.1, 0.15) is 5.76 Å². The monoisotopic (exact) mass is 313 g/mol. The van der Waals surface area contributed by atoms with Gasteiger partial charge in [0, 0.05) is 30.6 Å². The van der Waals surface area contributed by atoms with E-state index in [9.17, 15) is 9.59 Å². The molecular weight excluding hydrogens is 294 g/mol. The predicted molar refractivity (Wildman–Crippen MR) is 85.0 cm³/mol. The van der Waals surface area contributed by atoms with E-state index in [-0.39, 0.29) is 11.8 Å². The molecule has 0 bridgehead atoms. The Morgan fingerprint density at radius 2 is 2.00 bits per heavy atom. The largest absolute Gasteiger partial charge is 0.360 e. The molecule has 1 heterocycles. The minimum Gasteiger partial charge on any atom is -0.360 e. The highest BCUT2D eigenvalue weighted by molar-refractivity contribution is 6.02. The first-order chi connectivity index (χ1) is 11.2. The Kier molecular flexibility index (Phi) is 4.41. The number of carbonyl (C=O) groups excluding carboxylic acids is 2. The second-order valence-electron chi connectivity index (χ2n) is 5.67. The molecule has 1 aliphatic carbocycles. The van der Waals surface area contributed by atoms with Crippen LogP contribution in [0, 0.1) is 0 Å². The van der Waals surface area contributed by atoms with Gasteiger partial charge >= 0.3 is 0 Å². The number of aromatic nitrogens is 1. The topological polar surface area (TPSA) is 84.2 Å². The number of hydrogen-bond donors (Lipinski definition) is 2. The lowest BCUT2D eigenvalue weighted by Crippen LogP contribution is -2.21. The van der Waals surface area contributed by atoms with Gasteiger partial charge in [-0.05, 0) is 30.5 Å². The maximum absolute atomic E-state index is 12.1. The van der Waals surface area contributed by atoms with Crippen molar-refractivity contribution in [3.05, 3.63) is 47.3 Å². The van der Waals surface area contributed by atoms with E-state index in [4.69, 9.17) is 4.52 Å². The van der Waals surface area contributed by atoms with Gasteiger partial charge in [-0.15, -0.1) is 0 Å². The van der Waals surface area contributed by atoms with Crippen LogP contribution in [0.15, 0.2) is 34.9 Å².